The van der Waals surface area contributed by atoms with Crippen LogP contribution in [0.25, 0.3) is 0 Å². The molecule has 2 aromatic carbocycles. The van der Waals surface area contributed by atoms with Gasteiger partial charge in [-0.1, -0.05) is 0 Å². The Kier molecular flexibility index (Phi) is 6.60. The summed E-state index contributed by atoms with van der Waals surface area (Å²) in [5.74, 6) is -4.84. The van der Waals surface area contributed by atoms with Crippen molar-refractivity contribution in [3.63, 3.8) is 0 Å². The lowest BCUT2D eigenvalue weighted by molar-refractivity contribution is -0.385. The van der Waals surface area contributed by atoms with Gasteiger partial charge in [-0.25, -0.2) is 4.79 Å². The van der Waals surface area contributed by atoms with Gasteiger partial charge in [0, 0.05) is 12.1 Å². The van der Waals surface area contributed by atoms with E-state index in [0.717, 1.165) is 0 Å². The topological polar surface area (TPSA) is 140 Å². The van der Waals surface area contributed by atoms with Crippen molar-refractivity contribution in [2.45, 2.75) is 12.7 Å². The van der Waals surface area contributed by atoms with Gasteiger partial charge in [-0.05, 0) is 12.1 Å². The minimum absolute atomic E-state index is 0.336. The molecule has 11 nitrogen and oxygen atoms in total. The summed E-state index contributed by atoms with van der Waals surface area (Å²) in [6.45, 7) is 0. The number of carbonyl (C=O) groups excluding carboxylic acids is 1. The van der Waals surface area contributed by atoms with Gasteiger partial charge in [0.15, 0.2) is 23.0 Å². The van der Waals surface area contributed by atoms with E-state index >= 15 is 0 Å². The fraction of sp³-hybridized carbons (Fsp3) is 0.133. The van der Waals surface area contributed by atoms with Crippen molar-refractivity contribution in [3.05, 3.63) is 56.6 Å². The maximum Gasteiger partial charge on any atom is 0.573 e. The van der Waals surface area contributed by atoms with Crippen LogP contribution in [0, 0.1) is 20.2 Å². The second-order valence-electron chi connectivity index (χ2n) is 5.33. The molecule has 0 N–H and O–H groups in total. The zero-order chi connectivity index (χ0) is 24.3. The average molecular weight is 472 g/mol. The van der Waals surface area contributed by atoms with Crippen molar-refractivity contribution in [1.29, 1.82) is 0 Å². The minimum Gasteiger partial charge on any atom is -0.402 e. The summed E-state index contributed by atoms with van der Waals surface area (Å²) in [4.78, 5) is 31.4. The van der Waals surface area contributed by atoms with Gasteiger partial charge in [0.2, 0.25) is 0 Å². The molecule has 0 amide bonds. The number of nitrogens with zero attached hydrogens (tertiary/aromatic N) is 2. The Labute approximate surface area is 170 Å². The predicted molar refractivity (Wildman–Crippen MR) is 86.2 cm³/mol. The third-order valence-electron chi connectivity index (χ3n) is 3.11. The molecule has 0 aromatic heterocycles. The van der Waals surface area contributed by atoms with Crippen molar-refractivity contribution in [1.82, 2.24) is 0 Å². The summed E-state index contributed by atoms with van der Waals surface area (Å²) in [6.07, 6.45) is -12.7. The van der Waals surface area contributed by atoms with E-state index in [1.807, 2.05) is 0 Å². The van der Waals surface area contributed by atoms with Crippen molar-refractivity contribution in [3.8, 4) is 23.0 Å². The van der Waals surface area contributed by atoms with E-state index < -0.39 is 63.1 Å². The second kappa shape index (κ2) is 8.82. The Balaban J connectivity index is 2.37. The largest absolute Gasteiger partial charge is 0.573 e. The molecule has 0 aliphatic heterocycles. The maximum absolute atomic E-state index is 12.5. The van der Waals surface area contributed by atoms with Gasteiger partial charge in [-0.15, -0.1) is 26.3 Å². The lowest BCUT2D eigenvalue weighted by atomic mass is 10.3. The van der Waals surface area contributed by atoms with Gasteiger partial charge < -0.3 is 18.9 Å². The van der Waals surface area contributed by atoms with E-state index in [4.69, 9.17) is 0 Å². The molecule has 0 unspecified atom stereocenters. The molecule has 0 aliphatic rings. The molecule has 2 aromatic rings. The summed E-state index contributed by atoms with van der Waals surface area (Å²) >= 11 is 0. The molecule has 172 valence electrons. The number of carbonyl (C=O) groups is 1. The minimum atomic E-state index is -5.31. The van der Waals surface area contributed by atoms with Crippen LogP contribution in [0.2, 0.25) is 0 Å². The summed E-state index contributed by atoms with van der Waals surface area (Å²) in [5.41, 5.74) is -1.70. The smallest absolute Gasteiger partial charge is 0.402 e. The first-order valence-corrected chi connectivity index (χ1v) is 7.62. The molecular weight excluding hydrogens is 466 g/mol. The van der Waals surface area contributed by atoms with Gasteiger partial charge in [0.1, 0.15) is 0 Å². The van der Waals surface area contributed by atoms with Crippen LogP contribution in [0.1, 0.15) is 0 Å². The van der Waals surface area contributed by atoms with Crippen molar-refractivity contribution in [2.75, 3.05) is 0 Å². The average Bonchev–Trinajstić information content (AvgIpc) is 2.62. The fourth-order valence-corrected chi connectivity index (χ4v) is 2.00. The Morgan fingerprint density at radius 2 is 1.03 bits per heavy atom. The first-order chi connectivity index (χ1) is 14.6. The molecule has 0 fully saturated rings. The van der Waals surface area contributed by atoms with Gasteiger partial charge >= 0.3 is 18.9 Å². The van der Waals surface area contributed by atoms with Crippen LogP contribution in [0.15, 0.2) is 36.4 Å². The van der Waals surface area contributed by atoms with E-state index in [2.05, 4.69) is 18.9 Å². The van der Waals surface area contributed by atoms with Crippen molar-refractivity contribution < 1.29 is 59.9 Å². The number of hydrogen-bond donors (Lipinski definition) is 0. The number of nitro benzene ring substituents is 2. The molecule has 0 bridgehead atoms. The SMILES string of the molecule is O=C(Oc1cc([N+](=O)[O-])ccc1OC(F)(F)F)Oc1cc([N+](=O)[O-])ccc1OC(F)(F)F. The number of alkyl halides is 6. The monoisotopic (exact) mass is 472 g/mol. The quantitative estimate of drug-likeness (QED) is 0.189. The number of rotatable bonds is 6. The van der Waals surface area contributed by atoms with E-state index in [0.29, 0.717) is 36.4 Å². The highest BCUT2D eigenvalue weighted by molar-refractivity contribution is 5.70. The van der Waals surface area contributed by atoms with Gasteiger partial charge in [0.05, 0.1) is 22.0 Å². The lowest BCUT2D eigenvalue weighted by Gasteiger charge is -2.14. The summed E-state index contributed by atoms with van der Waals surface area (Å²) in [5, 5.41) is 21.6. The molecule has 0 atom stereocenters. The molecule has 0 heterocycles. The van der Waals surface area contributed by atoms with Crippen molar-refractivity contribution >= 4 is 17.5 Å². The molecule has 2 rings (SSSR count). The number of halogens is 6. The Bertz CT molecular complexity index is 973. The zero-order valence-electron chi connectivity index (χ0n) is 14.8. The molecular formula is C15H6F6N2O9. The van der Waals surface area contributed by atoms with E-state index in [1.54, 1.807) is 0 Å². The Morgan fingerprint density at radius 1 is 0.688 bits per heavy atom. The highest BCUT2D eigenvalue weighted by Gasteiger charge is 2.35. The third-order valence-corrected chi connectivity index (χ3v) is 3.11. The fourth-order valence-electron chi connectivity index (χ4n) is 2.00. The number of hydrogen-bond acceptors (Lipinski definition) is 9. The molecule has 0 saturated heterocycles. The molecule has 32 heavy (non-hydrogen) atoms. The first-order valence-electron chi connectivity index (χ1n) is 7.62. The lowest BCUT2D eigenvalue weighted by Crippen LogP contribution is -2.21. The summed E-state index contributed by atoms with van der Waals surface area (Å²) in [6, 6.07) is 2.69. The number of nitro groups is 2. The standard InChI is InChI=1S/C15H6F6N2O9/c16-14(17,18)31-9-3-1-7(22(25)26)5-11(9)29-13(24)30-12-6-8(23(27)28)2-4-10(12)32-15(19,20)21/h1-6H. The number of benzene rings is 2. The predicted octanol–water partition coefficient (Wildman–Crippen LogP) is 4.88. The van der Waals surface area contributed by atoms with Gasteiger partial charge in [-0.3, -0.25) is 20.2 Å². The normalized spacial score (nSPS) is 11.4. The Hall–Kier alpha value is -4.31. The van der Waals surface area contributed by atoms with Crippen LogP contribution in [0.4, 0.5) is 42.5 Å². The molecule has 0 spiro atoms. The van der Waals surface area contributed by atoms with Crippen LogP contribution in [0.5, 0.6) is 23.0 Å². The maximum atomic E-state index is 12.5. The molecule has 0 saturated carbocycles. The summed E-state index contributed by atoms with van der Waals surface area (Å²) in [7, 11) is 0. The molecule has 0 radical (unpaired) electrons. The zero-order valence-corrected chi connectivity index (χ0v) is 14.8. The van der Waals surface area contributed by atoms with Crippen LogP contribution in [-0.2, 0) is 0 Å². The number of non-ortho nitro benzene ring substituents is 2. The highest BCUT2D eigenvalue weighted by atomic mass is 19.4. The highest BCUT2D eigenvalue weighted by Crippen LogP contribution is 2.38. The molecule has 17 heteroatoms. The van der Waals surface area contributed by atoms with E-state index in [1.165, 1.54) is 0 Å². The number of ether oxygens (including phenoxy) is 4. The Morgan fingerprint density at radius 3 is 1.31 bits per heavy atom. The van der Waals surface area contributed by atoms with Crippen LogP contribution >= 0.6 is 0 Å². The van der Waals surface area contributed by atoms with E-state index in [-0.39, 0.29) is 0 Å². The van der Waals surface area contributed by atoms with Gasteiger partial charge in [-0.2, -0.15) is 0 Å². The van der Waals surface area contributed by atoms with Crippen molar-refractivity contribution in [2.24, 2.45) is 0 Å². The van der Waals surface area contributed by atoms with Crippen LogP contribution in [-0.4, -0.2) is 28.7 Å². The van der Waals surface area contributed by atoms with E-state index in [9.17, 15) is 51.4 Å². The third kappa shape index (κ3) is 6.89. The van der Waals surface area contributed by atoms with Gasteiger partial charge in [0.25, 0.3) is 11.4 Å². The van der Waals surface area contributed by atoms with Crippen LogP contribution < -0.4 is 18.9 Å². The summed E-state index contributed by atoms with van der Waals surface area (Å²) < 4.78 is 90.7. The van der Waals surface area contributed by atoms with Crippen LogP contribution in [0.3, 0.4) is 0 Å². The molecule has 0 aliphatic carbocycles. The second-order valence-corrected chi connectivity index (χ2v) is 5.33. The first kappa shape index (κ1) is 24.0.